The van der Waals surface area contributed by atoms with E-state index in [2.05, 4.69) is 30.7 Å². The van der Waals surface area contributed by atoms with Crippen molar-refractivity contribution in [3.63, 3.8) is 0 Å². The lowest BCUT2D eigenvalue weighted by Gasteiger charge is -2.25. The molecule has 1 amide bonds. The first-order chi connectivity index (χ1) is 19.5. The number of rotatable bonds is 11. The monoisotopic (exact) mass is 599 g/mol. The average molecular weight is 600 g/mol. The Bertz CT molecular complexity index is 1490. The Morgan fingerprint density at radius 1 is 1.32 bits per heavy atom. The van der Waals surface area contributed by atoms with Gasteiger partial charge in [0.1, 0.15) is 24.1 Å². The number of carbonyl (C=O) groups is 2. The fraction of sp³-hybridized carbons (Fsp3) is 0.560. The van der Waals surface area contributed by atoms with E-state index < -0.39 is 42.7 Å². The van der Waals surface area contributed by atoms with Gasteiger partial charge in [-0.05, 0) is 31.2 Å². The number of ketones is 1. The molecule has 3 aromatic heterocycles. The van der Waals surface area contributed by atoms with Crippen LogP contribution in [-0.4, -0.2) is 61.5 Å². The highest BCUT2D eigenvalue weighted by atomic mass is 32.1. The number of hydrogen-bond acceptors (Lipinski definition) is 8. The number of aromatic nitrogens is 5. The first-order valence-corrected chi connectivity index (χ1v) is 13.9. The lowest BCUT2D eigenvalue weighted by molar-refractivity contribution is -0.121. The Labute approximate surface area is 234 Å². The van der Waals surface area contributed by atoms with Gasteiger partial charge in [0.2, 0.25) is 11.8 Å². The quantitative estimate of drug-likeness (QED) is 0.320. The molecule has 0 bridgehead atoms. The molecular weight excluding hydrogens is 573 g/mol. The average Bonchev–Trinajstić information content (AvgIpc) is 3.52. The molecule has 0 radical (unpaired) electrons. The SMILES string of the molecule is Cn1nc(OC(F)F)cc1Nc1nncn1[C@H]1CCc2sc(CC(=O)[C@@H]3CC3(F)F)c(C(=O)NC[C@@H]3C[C@@H]3F)c2C1. The summed E-state index contributed by atoms with van der Waals surface area (Å²) in [5.74, 6) is -5.26. The summed E-state index contributed by atoms with van der Waals surface area (Å²) >= 11 is 1.29. The van der Waals surface area contributed by atoms with Crippen LogP contribution in [0.4, 0.5) is 33.7 Å². The Morgan fingerprint density at radius 3 is 2.76 bits per heavy atom. The number of ether oxygens (including phenoxy) is 1. The molecule has 3 aromatic rings. The lowest BCUT2D eigenvalue weighted by Crippen LogP contribution is -2.29. The van der Waals surface area contributed by atoms with E-state index in [1.807, 2.05) is 0 Å². The van der Waals surface area contributed by atoms with Crippen LogP contribution in [0.1, 0.15) is 51.0 Å². The highest BCUT2D eigenvalue weighted by Crippen LogP contribution is 2.50. The van der Waals surface area contributed by atoms with E-state index in [0.717, 1.165) is 10.4 Å². The zero-order valence-electron chi connectivity index (χ0n) is 21.8. The molecule has 0 unspecified atom stereocenters. The summed E-state index contributed by atoms with van der Waals surface area (Å²) in [5.41, 5.74) is 1.01. The van der Waals surface area contributed by atoms with Gasteiger partial charge in [-0.1, -0.05) is 0 Å². The van der Waals surface area contributed by atoms with E-state index in [1.165, 1.54) is 35.5 Å². The van der Waals surface area contributed by atoms with Gasteiger partial charge in [-0.25, -0.2) is 17.9 Å². The molecule has 220 valence electrons. The summed E-state index contributed by atoms with van der Waals surface area (Å²) in [6, 6.07) is 1.07. The van der Waals surface area contributed by atoms with Crippen LogP contribution < -0.4 is 15.4 Å². The molecule has 10 nitrogen and oxygen atoms in total. The second-order valence-corrected chi connectivity index (χ2v) is 11.8. The minimum Gasteiger partial charge on any atom is -0.415 e. The summed E-state index contributed by atoms with van der Waals surface area (Å²) in [6.45, 7) is -2.87. The predicted octanol–water partition coefficient (Wildman–Crippen LogP) is 4.00. The van der Waals surface area contributed by atoms with Gasteiger partial charge in [0, 0.05) is 54.2 Å². The predicted molar refractivity (Wildman–Crippen MR) is 136 cm³/mol. The zero-order valence-corrected chi connectivity index (χ0v) is 22.6. The van der Waals surface area contributed by atoms with E-state index in [0.29, 0.717) is 47.9 Å². The van der Waals surface area contributed by atoms with Crippen molar-refractivity contribution in [3.05, 3.63) is 33.3 Å². The number of alkyl halides is 5. The number of thiophene rings is 1. The van der Waals surface area contributed by atoms with Gasteiger partial charge < -0.3 is 15.4 Å². The number of hydrogen-bond donors (Lipinski definition) is 2. The van der Waals surface area contributed by atoms with Crippen LogP contribution in [-0.2, 0) is 31.1 Å². The molecule has 3 heterocycles. The third kappa shape index (κ3) is 5.65. The molecule has 0 spiro atoms. The third-order valence-corrected chi connectivity index (χ3v) is 9.01. The second kappa shape index (κ2) is 10.4. The smallest absolute Gasteiger partial charge is 0.388 e. The Kier molecular flexibility index (Phi) is 6.98. The van der Waals surface area contributed by atoms with E-state index >= 15 is 0 Å². The van der Waals surface area contributed by atoms with Crippen molar-refractivity contribution in [3.8, 4) is 5.88 Å². The van der Waals surface area contributed by atoms with Crippen LogP contribution in [0, 0.1) is 11.8 Å². The molecule has 2 fully saturated rings. The van der Waals surface area contributed by atoms with Crippen molar-refractivity contribution < 1.29 is 36.3 Å². The van der Waals surface area contributed by atoms with Gasteiger partial charge in [-0.15, -0.1) is 26.6 Å². The Balaban J connectivity index is 1.24. The fourth-order valence-electron chi connectivity index (χ4n) is 5.25. The molecule has 2 N–H and O–H groups in total. The number of nitrogens with one attached hydrogen (secondary N) is 2. The molecule has 4 atom stereocenters. The van der Waals surface area contributed by atoms with Crippen molar-refractivity contribution in [2.75, 3.05) is 11.9 Å². The molecule has 6 rings (SSSR count). The number of nitrogens with zero attached hydrogens (tertiary/aromatic N) is 5. The van der Waals surface area contributed by atoms with Crippen LogP contribution >= 0.6 is 11.3 Å². The number of amides is 1. The number of fused-ring (bicyclic) bond motifs is 1. The number of anilines is 2. The Hall–Kier alpha value is -3.56. The molecule has 0 aliphatic heterocycles. The molecule has 3 aliphatic rings. The van der Waals surface area contributed by atoms with Crippen LogP contribution in [0.2, 0.25) is 0 Å². The number of aryl methyl sites for hydroxylation is 2. The normalized spacial score (nSPS) is 24.2. The van der Waals surface area contributed by atoms with Gasteiger partial charge in [0.15, 0.2) is 0 Å². The van der Waals surface area contributed by atoms with E-state index in [4.69, 9.17) is 0 Å². The summed E-state index contributed by atoms with van der Waals surface area (Å²) < 4.78 is 73.2. The van der Waals surface area contributed by atoms with Crippen molar-refractivity contribution in [1.82, 2.24) is 29.9 Å². The van der Waals surface area contributed by atoms with Crippen molar-refractivity contribution >= 4 is 34.8 Å². The summed E-state index contributed by atoms with van der Waals surface area (Å²) in [5, 5.41) is 17.7. The lowest BCUT2D eigenvalue weighted by atomic mass is 9.90. The van der Waals surface area contributed by atoms with Gasteiger partial charge in [-0.3, -0.25) is 14.2 Å². The maximum Gasteiger partial charge on any atom is 0.388 e. The molecule has 0 saturated heterocycles. The van der Waals surface area contributed by atoms with Crippen LogP contribution in [0.5, 0.6) is 5.88 Å². The highest BCUT2D eigenvalue weighted by molar-refractivity contribution is 7.12. The van der Waals surface area contributed by atoms with E-state index in [1.54, 1.807) is 4.57 Å². The first-order valence-electron chi connectivity index (χ1n) is 13.1. The molecular formula is C25H26F5N7O3S. The standard InChI is InChI=1S/C25H26F5N7O3S/c1-36-19(7-20(35-36)40-23(27)28)33-24-34-32-10-37(24)12-2-3-17-13(5-12)21(22(39)31-9-11-4-15(11)26)18(41-17)6-16(38)14-8-25(14,29)30/h7,10-12,14-15,23H,2-6,8-9H2,1H3,(H,31,39)(H,33,34)/t11-,12-,14-,15-/m0/s1. The van der Waals surface area contributed by atoms with Crippen LogP contribution in [0.3, 0.4) is 0 Å². The number of halogens is 5. The summed E-state index contributed by atoms with van der Waals surface area (Å²) in [6.07, 6.45) is 1.75. The number of Topliss-reactive ketones (excluding diaryl/α,β-unsaturated/α-hetero) is 1. The maximum atomic E-state index is 13.6. The molecule has 16 heteroatoms. The summed E-state index contributed by atoms with van der Waals surface area (Å²) in [7, 11) is 1.54. The molecule has 3 aliphatic carbocycles. The minimum absolute atomic E-state index is 0.156. The molecule has 0 aromatic carbocycles. The maximum absolute atomic E-state index is 13.6. The summed E-state index contributed by atoms with van der Waals surface area (Å²) in [4.78, 5) is 27.3. The van der Waals surface area contributed by atoms with Gasteiger partial charge >= 0.3 is 6.61 Å². The molecule has 2 saturated carbocycles. The highest BCUT2D eigenvalue weighted by Gasteiger charge is 2.60. The van der Waals surface area contributed by atoms with Gasteiger partial charge in [0.25, 0.3) is 11.8 Å². The second-order valence-electron chi connectivity index (χ2n) is 10.6. The van der Waals surface area contributed by atoms with Crippen molar-refractivity contribution in [1.29, 1.82) is 0 Å². The first kappa shape index (κ1) is 27.6. The van der Waals surface area contributed by atoms with Crippen LogP contribution in [0.25, 0.3) is 0 Å². The van der Waals surface area contributed by atoms with Crippen molar-refractivity contribution in [2.45, 2.75) is 63.3 Å². The number of carbonyl (C=O) groups excluding carboxylic acids is 2. The minimum atomic E-state index is -3.03. The van der Waals surface area contributed by atoms with E-state index in [-0.39, 0.29) is 30.8 Å². The third-order valence-electron chi connectivity index (χ3n) is 7.72. The van der Waals surface area contributed by atoms with Gasteiger partial charge in [-0.2, -0.15) is 8.78 Å². The van der Waals surface area contributed by atoms with Gasteiger partial charge in [0.05, 0.1) is 11.5 Å². The fourth-order valence-corrected chi connectivity index (χ4v) is 6.60. The Morgan fingerprint density at radius 2 is 2.07 bits per heavy atom. The van der Waals surface area contributed by atoms with Crippen molar-refractivity contribution in [2.24, 2.45) is 18.9 Å². The zero-order chi connectivity index (χ0) is 29.1. The molecule has 41 heavy (non-hydrogen) atoms. The van der Waals surface area contributed by atoms with Crippen LogP contribution in [0.15, 0.2) is 12.4 Å². The largest absolute Gasteiger partial charge is 0.415 e. The van der Waals surface area contributed by atoms with E-state index in [9.17, 15) is 31.5 Å². The topological polar surface area (TPSA) is 116 Å².